The molecule has 0 amide bonds. The molecule has 4 rings (SSSR count). The maximum atomic E-state index is 11.3. The number of fused-ring (bicyclic) bond motifs is 1. The van der Waals surface area contributed by atoms with E-state index >= 15 is 0 Å². The summed E-state index contributed by atoms with van der Waals surface area (Å²) in [6.07, 6.45) is 1.11. The van der Waals surface area contributed by atoms with E-state index in [1.165, 1.54) is 0 Å². The third-order valence-corrected chi connectivity index (χ3v) is 5.50. The Morgan fingerprint density at radius 1 is 1.00 bits per heavy atom. The number of H-pyrrole nitrogens is 1. The molecule has 3 N–H and O–H groups in total. The molecule has 0 radical (unpaired) electrons. The number of rotatable bonds is 4. The number of benzene rings is 3. The van der Waals surface area contributed by atoms with Crippen molar-refractivity contribution >= 4 is 26.7 Å². The molecule has 0 aliphatic carbocycles. The van der Waals surface area contributed by atoms with Gasteiger partial charge < -0.3 is 10.1 Å². The Morgan fingerprint density at radius 3 is 2.41 bits per heavy atom. The van der Waals surface area contributed by atoms with Gasteiger partial charge in [0.2, 0.25) is 10.0 Å². The number of imidazole rings is 1. The molecular weight excluding hydrogens is 422 g/mol. The Bertz CT molecular complexity index is 1450. The highest BCUT2D eigenvalue weighted by Gasteiger charge is 2.20. The van der Waals surface area contributed by atoms with Crippen LogP contribution in [0.15, 0.2) is 66.7 Å². The average molecular weight is 446 g/mol. The van der Waals surface area contributed by atoms with Crippen LogP contribution in [0.5, 0.6) is 0 Å². The highest BCUT2D eigenvalue weighted by atomic mass is 32.2. The number of aromatic amines is 1. The fourth-order valence-electron chi connectivity index (χ4n) is 3.47. The maximum Gasteiger partial charge on any atom is 0.229 e. The minimum atomic E-state index is -3.31. The van der Waals surface area contributed by atoms with Crippen molar-refractivity contribution in [3.05, 3.63) is 83.7 Å². The van der Waals surface area contributed by atoms with Crippen LogP contribution in [0.4, 0.5) is 5.69 Å². The Morgan fingerprint density at radius 2 is 1.72 bits per heavy atom. The number of hydrogen-bond donors (Lipinski definition) is 3. The van der Waals surface area contributed by atoms with E-state index in [1.54, 1.807) is 38.1 Å². The van der Waals surface area contributed by atoms with Gasteiger partial charge in [0.05, 0.1) is 22.9 Å². The second-order valence-corrected chi connectivity index (χ2v) is 9.87. The molecule has 0 atom stereocenters. The Kier molecular flexibility index (Phi) is 5.51. The van der Waals surface area contributed by atoms with Gasteiger partial charge >= 0.3 is 0 Å². The molecule has 0 fully saturated rings. The lowest BCUT2D eigenvalue weighted by Crippen LogP contribution is -2.16. The average Bonchev–Trinajstić information content (AvgIpc) is 3.14. The van der Waals surface area contributed by atoms with Crippen molar-refractivity contribution < 1.29 is 13.5 Å². The van der Waals surface area contributed by atoms with E-state index in [9.17, 15) is 13.5 Å². The van der Waals surface area contributed by atoms with Crippen molar-refractivity contribution in [2.75, 3.05) is 11.0 Å². The zero-order valence-corrected chi connectivity index (χ0v) is 18.8. The van der Waals surface area contributed by atoms with E-state index in [0.29, 0.717) is 11.5 Å². The second kappa shape index (κ2) is 8.15. The minimum absolute atomic E-state index is 0.487. The number of sulfonamides is 1. The van der Waals surface area contributed by atoms with Crippen molar-refractivity contribution in [3.63, 3.8) is 0 Å². The van der Waals surface area contributed by atoms with Crippen LogP contribution in [-0.2, 0) is 15.6 Å². The monoisotopic (exact) mass is 445 g/mol. The number of nitrogens with zero attached hydrogens (tertiary/aromatic N) is 1. The van der Waals surface area contributed by atoms with Crippen LogP contribution in [0.25, 0.3) is 22.2 Å². The van der Waals surface area contributed by atoms with Gasteiger partial charge in [0.1, 0.15) is 0 Å². The normalized spacial score (nSPS) is 11.8. The van der Waals surface area contributed by atoms with Gasteiger partial charge in [-0.05, 0) is 72.9 Å². The summed E-state index contributed by atoms with van der Waals surface area (Å²) in [5.41, 5.74) is 4.72. The number of anilines is 1. The molecule has 0 bridgehead atoms. The third kappa shape index (κ3) is 4.99. The highest BCUT2D eigenvalue weighted by molar-refractivity contribution is 7.92. The summed E-state index contributed by atoms with van der Waals surface area (Å²) in [4.78, 5) is 7.77. The van der Waals surface area contributed by atoms with Crippen LogP contribution in [0.3, 0.4) is 0 Å². The van der Waals surface area contributed by atoms with E-state index in [2.05, 4.69) is 26.5 Å². The molecule has 1 heterocycles. The minimum Gasteiger partial charge on any atom is -0.386 e. The molecule has 162 valence electrons. The van der Waals surface area contributed by atoms with Crippen molar-refractivity contribution in [2.24, 2.45) is 0 Å². The van der Waals surface area contributed by atoms with Crippen molar-refractivity contribution in [2.45, 2.75) is 19.4 Å². The Balaban J connectivity index is 1.62. The molecule has 32 heavy (non-hydrogen) atoms. The van der Waals surface area contributed by atoms with Gasteiger partial charge in [-0.2, -0.15) is 0 Å². The molecule has 0 spiro atoms. The van der Waals surface area contributed by atoms with Crippen molar-refractivity contribution in [1.82, 2.24) is 9.97 Å². The molecule has 0 saturated carbocycles. The Labute approximate surface area is 187 Å². The quantitative estimate of drug-likeness (QED) is 0.410. The summed E-state index contributed by atoms with van der Waals surface area (Å²) in [6.45, 7) is 3.55. The first-order valence-electron chi connectivity index (χ1n) is 10.0. The molecule has 0 saturated heterocycles. The standard InChI is InChI=1S/C25H23N3O3S/c1-25(2,29)21-7-5-4-6-20(21)18-11-14-22-23(16-18)27-24(26-22)15-10-17-8-12-19(13-9-17)28-32(3,30)31/h4-9,11-14,16,28-29H,1-3H3,(H,26,27). The maximum absolute atomic E-state index is 11.3. The lowest BCUT2D eigenvalue weighted by molar-refractivity contribution is 0.0792. The predicted molar refractivity (Wildman–Crippen MR) is 128 cm³/mol. The molecule has 4 aromatic rings. The molecule has 0 unspecified atom stereocenters. The van der Waals surface area contributed by atoms with E-state index in [-0.39, 0.29) is 0 Å². The van der Waals surface area contributed by atoms with E-state index < -0.39 is 15.6 Å². The number of hydrogen-bond acceptors (Lipinski definition) is 4. The zero-order chi connectivity index (χ0) is 22.9. The van der Waals surface area contributed by atoms with Crippen LogP contribution >= 0.6 is 0 Å². The summed E-state index contributed by atoms with van der Waals surface area (Å²) >= 11 is 0. The lowest BCUT2D eigenvalue weighted by atomic mass is 9.89. The Hall–Kier alpha value is -3.60. The predicted octanol–water partition coefficient (Wildman–Crippen LogP) is 4.23. The summed E-state index contributed by atoms with van der Waals surface area (Å²) in [7, 11) is -3.31. The largest absolute Gasteiger partial charge is 0.386 e. The molecule has 0 aliphatic heterocycles. The van der Waals surface area contributed by atoms with Gasteiger partial charge in [-0.15, -0.1) is 0 Å². The number of aromatic nitrogens is 2. The third-order valence-electron chi connectivity index (χ3n) is 4.89. The van der Waals surface area contributed by atoms with Crippen molar-refractivity contribution in [3.8, 4) is 23.0 Å². The first-order valence-corrected chi connectivity index (χ1v) is 11.9. The smallest absolute Gasteiger partial charge is 0.229 e. The van der Waals surface area contributed by atoms with Gasteiger partial charge in [0, 0.05) is 11.3 Å². The molecule has 1 aromatic heterocycles. The summed E-state index contributed by atoms with van der Waals surface area (Å²) in [5, 5.41) is 10.5. The van der Waals surface area contributed by atoms with Gasteiger partial charge in [-0.25, -0.2) is 13.4 Å². The number of nitrogens with one attached hydrogen (secondary N) is 2. The topological polar surface area (TPSA) is 95.1 Å². The first kappa shape index (κ1) is 21.6. The van der Waals surface area contributed by atoms with Gasteiger partial charge in [0.25, 0.3) is 0 Å². The van der Waals surface area contributed by atoms with Gasteiger partial charge in [-0.1, -0.05) is 36.3 Å². The fraction of sp³-hybridized carbons (Fsp3) is 0.160. The van der Waals surface area contributed by atoms with E-state index in [0.717, 1.165) is 39.5 Å². The van der Waals surface area contributed by atoms with E-state index in [4.69, 9.17) is 0 Å². The summed E-state index contributed by atoms with van der Waals surface area (Å²) in [6, 6.07) is 20.5. The van der Waals surface area contributed by atoms with Crippen LogP contribution in [0, 0.1) is 11.8 Å². The molecule has 6 nitrogen and oxygen atoms in total. The number of aliphatic hydroxyl groups is 1. The van der Waals surface area contributed by atoms with Crippen LogP contribution in [-0.4, -0.2) is 29.7 Å². The zero-order valence-electron chi connectivity index (χ0n) is 18.0. The molecule has 0 aliphatic rings. The van der Waals surface area contributed by atoms with E-state index in [1.807, 2.05) is 42.5 Å². The molecule has 7 heteroatoms. The second-order valence-electron chi connectivity index (χ2n) is 8.12. The van der Waals surface area contributed by atoms with Crippen molar-refractivity contribution in [1.29, 1.82) is 0 Å². The highest BCUT2D eigenvalue weighted by Crippen LogP contribution is 2.32. The summed E-state index contributed by atoms with van der Waals surface area (Å²) in [5.74, 6) is 6.58. The van der Waals surface area contributed by atoms with Gasteiger partial charge in [0.15, 0.2) is 5.82 Å². The fourth-order valence-corrected chi connectivity index (χ4v) is 4.04. The molecular formula is C25H23N3O3S. The van der Waals surface area contributed by atoms with Crippen LogP contribution in [0.1, 0.15) is 30.8 Å². The first-order chi connectivity index (χ1) is 15.1. The van der Waals surface area contributed by atoms with Crippen LogP contribution < -0.4 is 4.72 Å². The molecule has 3 aromatic carbocycles. The summed E-state index contributed by atoms with van der Waals surface area (Å²) < 4.78 is 25.0. The van der Waals surface area contributed by atoms with Crippen LogP contribution in [0.2, 0.25) is 0 Å². The SMILES string of the molecule is CC(C)(O)c1ccccc1-c1ccc2nc(C#Cc3ccc(NS(C)(=O)=O)cc3)[nH]c2c1. The van der Waals surface area contributed by atoms with Gasteiger partial charge in [-0.3, -0.25) is 4.72 Å². The lowest BCUT2D eigenvalue weighted by Gasteiger charge is -2.21.